The van der Waals surface area contributed by atoms with Gasteiger partial charge in [-0.3, -0.25) is 9.48 Å². The zero-order valence-electron chi connectivity index (χ0n) is 10.8. The van der Waals surface area contributed by atoms with Gasteiger partial charge in [0.25, 0.3) is 0 Å². The van der Waals surface area contributed by atoms with Gasteiger partial charge >= 0.3 is 12.1 Å². The van der Waals surface area contributed by atoms with Crippen LogP contribution in [0.3, 0.4) is 0 Å². The smallest absolute Gasteiger partial charge is 0.392 e. The summed E-state index contributed by atoms with van der Waals surface area (Å²) >= 11 is 0. The van der Waals surface area contributed by atoms with Gasteiger partial charge in [0, 0.05) is 12.4 Å². The lowest BCUT2D eigenvalue weighted by atomic mass is 9.86. The molecular formula is C13H13F3N2O2. The first-order chi connectivity index (χ1) is 9.21. The van der Waals surface area contributed by atoms with E-state index >= 15 is 0 Å². The normalized spacial score (nSPS) is 15.2. The number of carbonyl (C=O) groups is 1. The molecule has 1 heterocycles. The van der Waals surface area contributed by atoms with Crippen LogP contribution >= 0.6 is 0 Å². The van der Waals surface area contributed by atoms with Gasteiger partial charge in [0.1, 0.15) is 0 Å². The van der Waals surface area contributed by atoms with E-state index in [2.05, 4.69) is 5.10 Å². The van der Waals surface area contributed by atoms with Crippen LogP contribution in [0.4, 0.5) is 13.2 Å². The summed E-state index contributed by atoms with van der Waals surface area (Å²) in [7, 11) is 1.65. The molecule has 0 aliphatic rings. The number of rotatable bonds is 3. The number of aliphatic carboxylic acids is 1. The summed E-state index contributed by atoms with van der Waals surface area (Å²) in [6, 6.07) is 4.44. The van der Waals surface area contributed by atoms with Gasteiger partial charge in [-0.25, -0.2) is 0 Å². The summed E-state index contributed by atoms with van der Waals surface area (Å²) in [5, 5.41) is 13.9. The van der Waals surface area contributed by atoms with E-state index in [1.54, 1.807) is 19.3 Å². The Hall–Kier alpha value is -2.05. The average Bonchev–Trinajstić information content (AvgIpc) is 2.70. The topological polar surface area (TPSA) is 55.1 Å². The second-order valence-electron chi connectivity index (χ2n) is 4.73. The second kappa shape index (κ2) is 4.81. The minimum absolute atomic E-state index is 0.124. The molecule has 2 rings (SSSR count). The fourth-order valence-corrected chi connectivity index (χ4v) is 2.19. The molecule has 20 heavy (non-hydrogen) atoms. The molecule has 7 heteroatoms. The van der Waals surface area contributed by atoms with E-state index < -0.39 is 24.0 Å². The predicted octanol–water partition coefficient (Wildman–Crippen LogP) is 2.94. The number of nitrogens with zero attached hydrogens (tertiary/aromatic N) is 2. The Balaban J connectivity index is 2.52. The molecule has 0 saturated carbocycles. The van der Waals surface area contributed by atoms with Gasteiger partial charge in [-0.1, -0.05) is 19.1 Å². The summed E-state index contributed by atoms with van der Waals surface area (Å²) in [6.45, 7) is 0.881. The van der Waals surface area contributed by atoms with E-state index in [9.17, 15) is 18.0 Å². The highest BCUT2D eigenvalue weighted by Gasteiger charge is 2.45. The number of hydrogen-bond donors (Lipinski definition) is 1. The fraction of sp³-hybridized carbons (Fsp3) is 0.385. The molecule has 1 N–H and O–H groups in total. The van der Waals surface area contributed by atoms with Gasteiger partial charge in [0.2, 0.25) is 0 Å². The minimum atomic E-state index is -4.57. The molecule has 2 aromatic rings. The molecule has 0 radical (unpaired) electrons. The molecule has 0 amide bonds. The first-order valence-electron chi connectivity index (χ1n) is 5.93. The quantitative estimate of drug-likeness (QED) is 0.943. The molecule has 0 saturated heterocycles. The number of fused-ring (bicyclic) bond motifs is 1. The van der Waals surface area contributed by atoms with Crippen molar-refractivity contribution >= 4 is 16.9 Å². The molecule has 4 nitrogen and oxygen atoms in total. The van der Waals surface area contributed by atoms with Crippen molar-refractivity contribution < 1.29 is 23.1 Å². The number of benzene rings is 1. The molecule has 0 aliphatic heterocycles. The maximum absolute atomic E-state index is 12.8. The Morgan fingerprint density at radius 1 is 1.40 bits per heavy atom. The van der Waals surface area contributed by atoms with Crippen LogP contribution < -0.4 is 0 Å². The maximum atomic E-state index is 12.8. The Bertz CT molecular complexity index is 649. The number of alkyl halides is 3. The van der Waals surface area contributed by atoms with Gasteiger partial charge in [0.05, 0.1) is 23.5 Å². The zero-order valence-corrected chi connectivity index (χ0v) is 10.8. The summed E-state index contributed by atoms with van der Waals surface area (Å²) in [5.74, 6) is -5.09. The van der Waals surface area contributed by atoms with Gasteiger partial charge in [-0.05, 0) is 11.6 Å². The van der Waals surface area contributed by atoms with Crippen molar-refractivity contribution in [3.05, 3.63) is 30.0 Å². The SMILES string of the molecule is C[C@H]([C@H](C(=O)O)c1ccc2cnn(C)c2c1)C(F)(F)F. The number of halogens is 3. The summed E-state index contributed by atoms with van der Waals surface area (Å²) in [5.41, 5.74) is 0.724. The van der Waals surface area contributed by atoms with Gasteiger partial charge < -0.3 is 5.11 Å². The van der Waals surface area contributed by atoms with Crippen LogP contribution in [0.5, 0.6) is 0 Å². The standard InChI is InChI=1S/C13H13F3N2O2/c1-7(13(14,15)16)11(12(19)20)8-3-4-9-6-17-18(2)10(9)5-8/h3-7,11H,1-2H3,(H,19,20)/t7-,11+/m1/s1. The van der Waals surface area contributed by atoms with E-state index in [0.29, 0.717) is 5.52 Å². The monoisotopic (exact) mass is 286 g/mol. The number of aryl methyl sites for hydroxylation is 1. The van der Waals surface area contributed by atoms with Crippen LogP contribution in [-0.2, 0) is 11.8 Å². The number of hydrogen-bond acceptors (Lipinski definition) is 2. The molecule has 2 atom stereocenters. The van der Waals surface area contributed by atoms with Gasteiger partial charge in [0.15, 0.2) is 0 Å². The zero-order chi connectivity index (χ0) is 15.1. The van der Waals surface area contributed by atoms with Crippen LogP contribution in [0.2, 0.25) is 0 Å². The van der Waals surface area contributed by atoms with Crippen molar-refractivity contribution in [3.8, 4) is 0 Å². The molecule has 1 aromatic carbocycles. The molecule has 0 unspecified atom stereocenters. The highest BCUT2D eigenvalue weighted by atomic mass is 19.4. The highest BCUT2D eigenvalue weighted by molar-refractivity contribution is 5.83. The van der Waals surface area contributed by atoms with Crippen molar-refractivity contribution in [1.82, 2.24) is 9.78 Å². The van der Waals surface area contributed by atoms with E-state index in [-0.39, 0.29) is 5.56 Å². The molecule has 0 fully saturated rings. The third-order valence-corrected chi connectivity index (χ3v) is 3.41. The van der Waals surface area contributed by atoms with E-state index in [0.717, 1.165) is 12.3 Å². The average molecular weight is 286 g/mol. The second-order valence-corrected chi connectivity index (χ2v) is 4.73. The minimum Gasteiger partial charge on any atom is -0.481 e. The summed E-state index contributed by atoms with van der Waals surface area (Å²) in [4.78, 5) is 11.2. The third-order valence-electron chi connectivity index (χ3n) is 3.41. The predicted molar refractivity (Wildman–Crippen MR) is 66.3 cm³/mol. The Morgan fingerprint density at radius 2 is 2.05 bits per heavy atom. The lowest BCUT2D eigenvalue weighted by Gasteiger charge is -2.23. The largest absolute Gasteiger partial charge is 0.481 e. The highest BCUT2D eigenvalue weighted by Crippen LogP contribution is 2.38. The Kier molecular flexibility index (Phi) is 3.45. The van der Waals surface area contributed by atoms with E-state index in [1.165, 1.54) is 16.8 Å². The third kappa shape index (κ3) is 2.48. The Morgan fingerprint density at radius 3 is 2.60 bits per heavy atom. The molecule has 0 aliphatic carbocycles. The van der Waals surface area contributed by atoms with Gasteiger partial charge in [-0.15, -0.1) is 0 Å². The maximum Gasteiger partial charge on any atom is 0.392 e. The number of carboxylic acid groups (broad SMARTS) is 1. The molecule has 0 bridgehead atoms. The molecule has 108 valence electrons. The van der Waals surface area contributed by atoms with Crippen LogP contribution in [0.1, 0.15) is 18.4 Å². The lowest BCUT2D eigenvalue weighted by molar-refractivity contribution is -0.183. The first-order valence-corrected chi connectivity index (χ1v) is 5.93. The van der Waals surface area contributed by atoms with E-state index in [4.69, 9.17) is 5.11 Å². The van der Waals surface area contributed by atoms with Crippen molar-refractivity contribution in [3.63, 3.8) is 0 Å². The summed E-state index contributed by atoms with van der Waals surface area (Å²) < 4.78 is 39.9. The van der Waals surface area contributed by atoms with Crippen LogP contribution in [0.25, 0.3) is 10.9 Å². The van der Waals surface area contributed by atoms with E-state index in [1.807, 2.05) is 0 Å². The van der Waals surface area contributed by atoms with Crippen LogP contribution in [0, 0.1) is 5.92 Å². The fourth-order valence-electron chi connectivity index (χ4n) is 2.19. The molecule has 1 aromatic heterocycles. The van der Waals surface area contributed by atoms with Crippen molar-refractivity contribution in [2.45, 2.75) is 19.0 Å². The van der Waals surface area contributed by atoms with Crippen molar-refractivity contribution in [1.29, 1.82) is 0 Å². The summed E-state index contributed by atoms with van der Waals surface area (Å²) in [6.07, 6.45) is -2.99. The van der Waals surface area contributed by atoms with Crippen molar-refractivity contribution in [2.24, 2.45) is 13.0 Å². The van der Waals surface area contributed by atoms with Gasteiger partial charge in [-0.2, -0.15) is 18.3 Å². The van der Waals surface area contributed by atoms with Crippen LogP contribution in [0.15, 0.2) is 24.4 Å². The Labute approximate surface area is 112 Å². The molecular weight excluding hydrogens is 273 g/mol. The molecule has 0 spiro atoms. The first kappa shape index (κ1) is 14.4. The number of aromatic nitrogens is 2. The lowest BCUT2D eigenvalue weighted by Crippen LogP contribution is -2.31. The number of carboxylic acids is 1. The van der Waals surface area contributed by atoms with Crippen LogP contribution in [-0.4, -0.2) is 27.0 Å². The van der Waals surface area contributed by atoms with Crippen molar-refractivity contribution in [2.75, 3.05) is 0 Å².